The van der Waals surface area contributed by atoms with Gasteiger partial charge in [0.1, 0.15) is 12.1 Å². The van der Waals surface area contributed by atoms with Crippen molar-refractivity contribution in [3.05, 3.63) is 16.1 Å². The van der Waals surface area contributed by atoms with Crippen LogP contribution in [0.1, 0.15) is 33.6 Å². The zero-order valence-electron chi connectivity index (χ0n) is 11.3. The van der Waals surface area contributed by atoms with Gasteiger partial charge in [-0.1, -0.05) is 0 Å². The van der Waals surface area contributed by atoms with Crippen LogP contribution >= 0.6 is 22.6 Å². The van der Waals surface area contributed by atoms with Gasteiger partial charge >= 0.3 is 0 Å². The van der Waals surface area contributed by atoms with E-state index in [0.29, 0.717) is 6.04 Å². The summed E-state index contributed by atoms with van der Waals surface area (Å²) in [4.78, 5) is 10.9. The Hall–Kier alpha value is -0.430. The Morgan fingerprint density at radius 1 is 1.50 bits per heavy atom. The number of halogens is 1. The molecule has 1 atom stereocenters. The standard InChI is InChI=1S/C13H21IN4/c1-13(2,3)17-7-10-5-4-6-18(10)12-11(14)8-15-9-16-12/h8-10,17H,4-7H2,1-3H3. The molecule has 1 aliphatic rings. The molecule has 18 heavy (non-hydrogen) atoms. The van der Waals surface area contributed by atoms with E-state index in [9.17, 15) is 0 Å². The van der Waals surface area contributed by atoms with Crippen LogP contribution in [0, 0.1) is 3.57 Å². The molecule has 1 aliphatic heterocycles. The van der Waals surface area contributed by atoms with Gasteiger partial charge in [0.25, 0.3) is 0 Å². The average Bonchev–Trinajstić information content (AvgIpc) is 2.74. The minimum atomic E-state index is 0.174. The summed E-state index contributed by atoms with van der Waals surface area (Å²) in [7, 11) is 0. The zero-order valence-corrected chi connectivity index (χ0v) is 13.4. The summed E-state index contributed by atoms with van der Waals surface area (Å²) in [6.45, 7) is 8.75. The predicted molar refractivity (Wildman–Crippen MR) is 82.9 cm³/mol. The summed E-state index contributed by atoms with van der Waals surface area (Å²) in [5.41, 5.74) is 0.174. The molecule has 1 aromatic heterocycles. The van der Waals surface area contributed by atoms with Crippen molar-refractivity contribution < 1.29 is 0 Å². The Morgan fingerprint density at radius 2 is 2.28 bits per heavy atom. The fourth-order valence-corrected chi connectivity index (χ4v) is 2.88. The third-order valence-corrected chi connectivity index (χ3v) is 3.93. The largest absolute Gasteiger partial charge is 0.351 e. The van der Waals surface area contributed by atoms with E-state index in [0.717, 1.165) is 22.5 Å². The highest BCUT2D eigenvalue weighted by atomic mass is 127. The molecule has 0 spiro atoms. The van der Waals surface area contributed by atoms with Crippen LogP contribution in [-0.4, -0.2) is 34.6 Å². The fourth-order valence-electron chi connectivity index (χ4n) is 2.27. The van der Waals surface area contributed by atoms with Gasteiger partial charge < -0.3 is 10.2 Å². The van der Waals surface area contributed by atoms with E-state index in [2.05, 4.69) is 63.5 Å². The molecule has 4 nitrogen and oxygen atoms in total. The molecule has 0 aromatic carbocycles. The second-order valence-corrected chi connectivity index (χ2v) is 6.98. The molecule has 1 N–H and O–H groups in total. The van der Waals surface area contributed by atoms with Crippen LogP contribution < -0.4 is 10.2 Å². The van der Waals surface area contributed by atoms with Crippen molar-refractivity contribution in [1.29, 1.82) is 0 Å². The van der Waals surface area contributed by atoms with Gasteiger partial charge in [0.05, 0.1) is 3.57 Å². The lowest BCUT2D eigenvalue weighted by atomic mass is 10.1. The van der Waals surface area contributed by atoms with E-state index >= 15 is 0 Å². The second-order valence-electron chi connectivity index (χ2n) is 5.81. The zero-order chi connectivity index (χ0) is 13.2. The molecule has 2 rings (SSSR count). The van der Waals surface area contributed by atoms with Crippen molar-refractivity contribution in [1.82, 2.24) is 15.3 Å². The molecule has 100 valence electrons. The number of nitrogens with zero attached hydrogens (tertiary/aromatic N) is 3. The molecule has 1 aromatic rings. The monoisotopic (exact) mass is 360 g/mol. The Bertz CT molecular complexity index is 402. The van der Waals surface area contributed by atoms with Gasteiger partial charge in [-0.3, -0.25) is 0 Å². The Labute approximate surface area is 123 Å². The first-order chi connectivity index (χ1) is 8.47. The second kappa shape index (κ2) is 5.69. The number of anilines is 1. The molecule has 0 bridgehead atoms. The highest BCUT2D eigenvalue weighted by Gasteiger charge is 2.27. The third-order valence-electron chi connectivity index (χ3n) is 3.17. The van der Waals surface area contributed by atoms with E-state index in [-0.39, 0.29) is 5.54 Å². The molecule has 0 radical (unpaired) electrons. The van der Waals surface area contributed by atoms with Gasteiger partial charge in [0, 0.05) is 30.9 Å². The van der Waals surface area contributed by atoms with Crippen LogP contribution in [0.25, 0.3) is 0 Å². The maximum absolute atomic E-state index is 4.43. The topological polar surface area (TPSA) is 41.0 Å². The maximum atomic E-state index is 4.43. The molecule has 1 unspecified atom stereocenters. The van der Waals surface area contributed by atoms with Crippen molar-refractivity contribution in [2.75, 3.05) is 18.0 Å². The van der Waals surface area contributed by atoms with E-state index in [1.54, 1.807) is 6.33 Å². The molecular weight excluding hydrogens is 339 g/mol. The van der Waals surface area contributed by atoms with Crippen LogP contribution in [0.15, 0.2) is 12.5 Å². The Kier molecular flexibility index (Phi) is 4.42. The molecular formula is C13H21IN4. The number of nitrogens with one attached hydrogen (secondary N) is 1. The van der Waals surface area contributed by atoms with Crippen molar-refractivity contribution in [2.45, 2.75) is 45.2 Å². The summed E-state index contributed by atoms with van der Waals surface area (Å²) < 4.78 is 1.14. The smallest absolute Gasteiger partial charge is 0.145 e. The number of rotatable bonds is 3. The van der Waals surface area contributed by atoms with Crippen LogP contribution in [0.3, 0.4) is 0 Å². The van der Waals surface area contributed by atoms with Crippen LogP contribution in [-0.2, 0) is 0 Å². The first kappa shape index (κ1) is 14.0. The van der Waals surface area contributed by atoms with Crippen LogP contribution in [0.2, 0.25) is 0 Å². The molecule has 2 heterocycles. The molecule has 5 heteroatoms. The molecule has 1 fully saturated rings. The Balaban J connectivity index is 2.06. The molecule has 0 amide bonds. The highest BCUT2D eigenvalue weighted by molar-refractivity contribution is 14.1. The fraction of sp³-hybridized carbons (Fsp3) is 0.692. The van der Waals surface area contributed by atoms with Gasteiger partial charge in [-0.15, -0.1) is 0 Å². The summed E-state index contributed by atoms with van der Waals surface area (Å²) >= 11 is 2.32. The van der Waals surface area contributed by atoms with E-state index in [1.807, 2.05) is 6.20 Å². The third kappa shape index (κ3) is 3.54. The van der Waals surface area contributed by atoms with E-state index < -0.39 is 0 Å². The number of hydrogen-bond donors (Lipinski definition) is 1. The molecule has 0 saturated carbocycles. The lowest BCUT2D eigenvalue weighted by Gasteiger charge is -2.30. The lowest BCUT2D eigenvalue weighted by molar-refractivity contribution is 0.404. The molecule has 0 aliphatic carbocycles. The number of hydrogen-bond acceptors (Lipinski definition) is 4. The van der Waals surface area contributed by atoms with Crippen molar-refractivity contribution in [3.8, 4) is 0 Å². The quantitative estimate of drug-likeness (QED) is 0.841. The van der Waals surface area contributed by atoms with E-state index in [4.69, 9.17) is 0 Å². The molecule has 1 saturated heterocycles. The normalized spacial score (nSPS) is 20.4. The average molecular weight is 360 g/mol. The van der Waals surface area contributed by atoms with Gasteiger partial charge in [0.15, 0.2) is 0 Å². The van der Waals surface area contributed by atoms with Crippen molar-refractivity contribution in [2.24, 2.45) is 0 Å². The summed E-state index contributed by atoms with van der Waals surface area (Å²) in [5.74, 6) is 1.09. The van der Waals surface area contributed by atoms with Crippen LogP contribution in [0.4, 0.5) is 5.82 Å². The SMILES string of the molecule is CC(C)(C)NCC1CCCN1c1ncncc1I. The predicted octanol–water partition coefficient (Wildman–Crippen LogP) is 2.44. The van der Waals surface area contributed by atoms with E-state index in [1.165, 1.54) is 12.8 Å². The first-order valence-corrected chi connectivity index (χ1v) is 7.52. The van der Waals surface area contributed by atoms with Crippen molar-refractivity contribution >= 4 is 28.4 Å². The summed E-state index contributed by atoms with van der Waals surface area (Å²) in [6, 6.07) is 0.549. The van der Waals surface area contributed by atoms with Crippen LogP contribution in [0.5, 0.6) is 0 Å². The van der Waals surface area contributed by atoms with Gasteiger partial charge in [-0.25, -0.2) is 9.97 Å². The minimum absolute atomic E-state index is 0.174. The lowest BCUT2D eigenvalue weighted by Crippen LogP contribution is -2.45. The van der Waals surface area contributed by atoms with Crippen molar-refractivity contribution in [3.63, 3.8) is 0 Å². The first-order valence-electron chi connectivity index (χ1n) is 6.44. The minimum Gasteiger partial charge on any atom is -0.351 e. The number of aromatic nitrogens is 2. The Morgan fingerprint density at radius 3 is 2.94 bits per heavy atom. The maximum Gasteiger partial charge on any atom is 0.145 e. The van der Waals surface area contributed by atoms with Gasteiger partial charge in [-0.05, 0) is 56.2 Å². The van der Waals surface area contributed by atoms with Gasteiger partial charge in [0.2, 0.25) is 0 Å². The summed E-state index contributed by atoms with van der Waals surface area (Å²) in [6.07, 6.45) is 6.01. The summed E-state index contributed by atoms with van der Waals surface area (Å²) in [5, 5.41) is 3.60. The highest BCUT2D eigenvalue weighted by Crippen LogP contribution is 2.27. The van der Waals surface area contributed by atoms with Gasteiger partial charge in [-0.2, -0.15) is 0 Å².